The largest absolute Gasteiger partial charge is 0.372 e. The maximum atomic E-state index is 3.77. The molecular weight excluding hydrogens is 232 g/mol. The number of hydrogen-bond donors (Lipinski definition) is 1. The average Bonchev–Trinajstić information content (AvgIpc) is 2.93. The Hall–Kier alpha value is -1.02. The third kappa shape index (κ3) is 2.79. The monoisotopic (exact) mass is 258 g/mol. The Morgan fingerprint density at radius 3 is 2.26 bits per heavy atom. The third-order valence-electron chi connectivity index (χ3n) is 5.06. The van der Waals surface area contributed by atoms with Gasteiger partial charge in [0.2, 0.25) is 0 Å². The molecule has 1 aliphatic carbocycles. The van der Waals surface area contributed by atoms with Crippen LogP contribution in [0.4, 0.5) is 5.69 Å². The molecule has 1 N–H and O–H groups in total. The molecule has 3 rings (SSSR count). The van der Waals surface area contributed by atoms with Gasteiger partial charge in [-0.05, 0) is 56.2 Å². The smallest absolute Gasteiger partial charge is 0.0366 e. The molecule has 2 aliphatic rings. The highest BCUT2D eigenvalue weighted by Gasteiger charge is 2.34. The molecule has 0 bridgehead atoms. The number of nitrogens with one attached hydrogen (secondary N) is 1. The molecule has 104 valence electrons. The van der Waals surface area contributed by atoms with Crippen molar-refractivity contribution in [3.8, 4) is 0 Å². The summed E-state index contributed by atoms with van der Waals surface area (Å²) in [4.78, 5) is 2.50. The molecule has 2 heteroatoms. The van der Waals surface area contributed by atoms with E-state index in [1.165, 1.54) is 62.9 Å². The topological polar surface area (TPSA) is 15.3 Å². The van der Waals surface area contributed by atoms with Crippen molar-refractivity contribution in [1.82, 2.24) is 5.32 Å². The molecule has 1 aromatic rings. The van der Waals surface area contributed by atoms with Gasteiger partial charge >= 0.3 is 0 Å². The molecule has 0 atom stereocenters. The minimum absolute atomic E-state index is 0.452. The summed E-state index contributed by atoms with van der Waals surface area (Å²) in [6.45, 7) is 5.80. The van der Waals surface area contributed by atoms with Crippen molar-refractivity contribution in [2.45, 2.75) is 57.5 Å². The minimum Gasteiger partial charge on any atom is -0.372 e. The van der Waals surface area contributed by atoms with Crippen LogP contribution in [0.2, 0.25) is 0 Å². The fraction of sp³-hybridized carbons (Fsp3) is 0.647. The zero-order chi connectivity index (χ0) is 13.1. The van der Waals surface area contributed by atoms with Gasteiger partial charge in [-0.2, -0.15) is 0 Å². The van der Waals surface area contributed by atoms with Gasteiger partial charge in [0.1, 0.15) is 0 Å². The fourth-order valence-corrected chi connectivity index (χ4v) is 3.35. The molecule has 1 heterocycles. The normalized spacial score (nSPS) is 21.4. The quantitative estimate of drug-likeness (QED) is 0.866. The van der Waals surface area contributed by atoms with Gasteiger partial charge in [0, 0.05) is 30.9 Å². The van der Waals surface area contributed by atoms with Crippen LogP contribution < -0.4 is 10.2 Å². The Labute approximate surface area is 117 Å². The van der Waals surface area contributed by atoms with Gasteiger partial charge < -0.3 is 10.2 Å². The van der Waals surface area contributed by atoms with Crippen LogP contribution >= 0.6 is 0 Å². The lowest BCUT2D eigenvalue weighted by molar-refractivity contribution is 0.175. The molecule has 1 saturated carbocycles. The standard InChI is InChI=1S/C17H26N2/c1-2-17(10-5-11-17)18-14-15-6-8-16(9-7-15)19-12-3-4-13-19/h6-9,18H,2-5,10-14H2,1H3. The van der Waals surface area contributed by atoms with Gasteiger partial charge in [-0.1, -0.05) is 19.1 Å². The van der Waals surface area contributed by atoms with Crippen LogP contribution in [-0.4, -0.2) is 18.6 Å². The lowest BCUT2D eigenvalue weighted by Crippen LogP contribution is -2.49. The lowest BCUT2D eigenvalue weighted by Gasteiger charge is -2.42. The minimum atomic E-state index is 0.452. The Morgan fingerprint density at radius 1 is 1.05 bits per heavy atom. The van der Waals surface area contributed by atoms with Gasteiger partial charge in [-0.3, -0.25) is 0 Å². The molecule has 0 radical (unpaired) electrons. The molecule has 1 aromatic carbocycles. The maximum Gasteiger partial charge on any atom is 0.0366 e. The summed E-state index contributed by atoms with van der Waals surface area (Å²) < 4.78 is 0. The van der Waals surface area contributed by atoms with Crippen molar-refractivity contribution in [3.05, 3.63) is 29.8 Å². The molecule has 0 amide bonds. The van der Waals surface area contributed by atoms with E-state index in [9.17, 15) is 0 Å². The van der Waals surface area contributed by atoms with Crippen LogP contribution in [0.5, 0.6) is 0 Å². The highest BCUT2D eigenvalue weighted by atomic mass is 15.1. The molecule has 0 unspecified atom stereocenters. The van der Waals surface area contributed by atoms with E-state index in [0.29, 0.717) is 5.54 Å². The molecule has 19 heavy (non-hydrogen) atoms. The molecule has 2 fully saturated rings. The van der Waals surface area contributed by atoms with Gasteiger partial charge in [0.05, 0.1) is 0 Å². The van der Waals surface area contributed by atoms with Gasteiger partial charge in [0.15, 0.2) is 0 Å². The summed E-state index contributed by atoms with van der Waals surface area (Å²) in [5.41, 5.74) is 3.27. The summed E-state index contributed by atoms with van der Waals surface area (Å²) in [5.74, 6) is 0. The Bertz CT molecular complexity index is 394. The van der Waals surface area contributed by atoms with Crippen LogP contribution in [0, 0.1) is 0 Å². The lowest BCUT2D eigenvalue weighted by atomic mass is 9.75. The van der Waals surface area contributed by atoms with E-state index in [1.54, 1.807) is 0 Å². The van der Waals surface area contributed by atoms with E-state index < -0.39 is 0 Å². The third-order valence-corrected chi connectivity index (χ3v) is 5.06. The van der Waals surface area contributed by atoms with Crippen LogP contribution in [0.25, 0.3) is 0 Å². The number of benzene rings is 1. The summed E-state index contributed by atoms with van der Waals surface area (Å²) >= 11 is 0. The van der Waals surface area contributed by atoms with E-state index in [1.807, 2.05) is 0 Å². The van der Waals surface area contributed by atoms with E-state index in [2.05, 4.69) is 41.4 Å². The number of anilines is 1. The first-order valence-corrected chi connectivity index (χ1v) is 7.90. The summed E-state index contributed by atoms with van der Waals surface area (Å²) in [6.07, 6.45) is 8.07. The summed E-state index contributed by atoms with van der Waals surface area (Å²) in [6, 6.07) is 9.18. The van der Waals surface area contributed by atoms with Gasteiger partial charge in [0.25, 0.3) is 0 Å². The van der Waals surface area contributed by atoms with Crippen LogP contribution in [0.3, 0.4) is 0 Å². The number of hydrogen-bond acceptors (Lipinski definition) is 2. The van der Waals surface area contributed by atoms with Crippen molar-refractivity contribution in [1.29, 1.82) is 0 Å². The molecule has 0 aromatic heterocycles. The van der Waals surface area contributed by atoms with Crippen molar-refractivity contribution >= 4 is 5.69 Å². The SMILES string of the molecule is CCC1(NCc2ccc(N3CCCC3)cc2)CCC1. The Kier molecular flexibility index (Phi) is 3.79. The van der Waals surface area contributed by atoms with Crippen LogP contribution in [-0.2, 0) is 6.54 Å². The average molecular weight is 258 g/mol. The van der Waals surface area contributed by atoms with E-state index in [0.717, 1.165) is 6.54 Å². The first kappa shape index (κ1) is 13.0. The van der Waals surface area contributed by atoms with Crippen LogP contribution in [0.15, 0.2) is 24.3 Å². The first-order chi connectivity index (χ1) is 9.31. The van der Waals surface area contributed by atoms with Crippen molar-refractivity contribution < 1.29 is 0 Å². The number of rotatable bonds is 5. The molecule has 0 spiro atoms. The van der Waals surface area contributed by atoms with Crippen molar-refractivity contribution in [2.24, 2.45) is 0 Å². The predicted molar refractivity (Wildman–Crippen MR) is 81.6 cm³/mol. The highest BCUT2D eigenvalue weighted by molar-refractivity contribution is 5.48. The maximum absolute atomic E-state index is 3.77. The predicted octanol–water partition coefficient (Wildman–Crippen LogP) is 3.71. The van der Waals surface area contributed by atoms with Gasteiger partial charge in [-0.25, -0.2) is 0 Å². The van der Waals surface area contributed by atoms with Crippen molar-refractivity contribution in [3.63, 3.8) is 0 Å². The second-order valence-electron chi connectivity index (χ2n) is 6.20. The second-order valence-corrected chi connectivity index (χ2v) is 6.20. The first-order valence-electron chi connectivity index (χ1n) is 7.90. The van der Waals surface area contributed by atoms with Gasteiger partial charge in [-0.15, -0.1) is 0 Å². The Morgan fingerprint density at radius 2 is 1.74 bits per heavy atom. The Balaban J connectivity index is 1.56. The molecule has 1 saturated heterocycles. The summed E-state index contributed by atoms with van der Waals surface area (Å²) in [7, 11) is 0. The fourth-order valence-electron chi connectivity index (χ4n) is 3.35. The highest BCUT2D eigenvalue weighted by Crippen LogP contribution is 2.34. The van der Waals surface area contributed by atoms with E-state index in [4.69, 9.17) is 0 Å². The molecule has 2 nitrogen and oxygen atoms in total. The van der Waals surface area contributed by atoms with E-state index >= 15 is 0 Å². The van der Waals surface area contributed by atoms with E-state index in [-0.39, 0.29) is 0 Å². The zero-order valence-electron chi connectivity index (χ0n) is 12.1. The molecular formula is C17H26N2. The second kappa shape index (κ2) is 5.54. The van der Waals surface area contributed by atoms with Crippen molar-refractivity contribution in [2.75, 3.05) is 18.0 Å². The molecule has 1 aliphatic heterocycles. The summed E-state index contributed by atoms with van der Waals surface area (Å²) in [5, 5.41) is 3.77. The zero-order valence-corrected chi connectivity index (χ0v) is 12.1. The number of nitrogens with zero attached hydrogens (tertiary/aromatic N) is 1. The van der Waals surface area contributed by atoms with Crippen LogP contribution in [0.1, 0.15) is 51.0 Å².